The molecule has 34 heavy (non-hydrogen) atoms. The van der Waals surface area contributed by atoms with Crippen LogP contribution in [0.4, 0.5) is 8.78 Å². The van der Waals surface area contributed by atoms with Crippen LogP contribution in [0.2, 0.25) is 0 Å². The van der Waals surface area contributed by atoms with E-state index < -0.39 is 22.7 Å². The molecule has 0 spiro atoms. The minimum absolute atomic E-state index is 0.0694. The van der Waals surface area contributed by atoms with Crippen LogP contribution in [0.15, 0.2) is 52.4 Å². The Hall–Kier alpha value is -3.21. The molecule has 0 bridgehead atoms. The number of ether oxygens (including phenoxy) is 2. The van der Waals surface area contributed by atoms with Gasteiger partial charge in [-0.3, -0.25) is 14.5 Å². The zero-order chi connectivity index (χ0) is 24.7. The van der Waals surface area contributed by atoms with E-state index in [1.54, 1.807) is 30.3 Å². The number of methoxy groups -OCH3 is 1. The van der Waals surface area contributed by atoms with Crippen molar-refractivity contribution in [1.29, 1.82) is 0 Å². The maximum atomic E-state index is 12.9. The second kappa shape index (κ2) is 11.3. The van der Waals surface area contributed by atoms with Gasteiger partial charge in [-0.2, -0.15) is 8.78 Å². The Labute approximate surface area is 197 Å². The molecule has 1 unspecified atom stereocenters. The first-order chi connectivity index (χ1) is 16.2. The lowest BCUT2D eigenvalue weighted by Crippen LogP contribution is -2.36. The highest BCUT2D eigenvalue weighted by molar-refractivity contribution is 7.90. The van der Waals surface area contributed by atoms with E-state index in [4.69, 9.17) is 4.74 Å². The summed E-state index contributed by atoms with van der Waals surface area (Å²) >= 11 is 0. The molecule has 1 amide bonds. The maximum Gasteiger partial charge on any atom is 0.387 e. The standard InChI is InChI=1S/C23H27F2N3O5S/c1-3-4-8-17(27-21-16-7-5-6-9-20(16)34(30,31)28-21)22(29)26-13-12-15-10-11-18(33-23(24)25)19(14-15)32-2/h5-7,9-11,14,17,23H,3-4,8,12-13H2,1-2H3,(H,26,29)(H,27,28). The average molecular weight is 496 g/mol. The summed E-state index contributed by atoms with van der Waals surface area (Å²) in [6.45, 7) is -0.700. The number of benzene rings is 2. The maximum absolute atomic E-state index is 12.9. The fourth-order valence-corrected chi connectivity index (χ4v) is 4.79. The van der Waals surface area contributed by atoms with Crippen LogP contribution in [0.25, 0.3) is 0 Å². The van der Waals surface area contributed by atoms with Crippen LogP contribution in [0.1, 0.15) is 37.3 Å². The molecule has 1 heterocycles. The van der Waals surface area contributed by atoms with Crippen LogP contribution >= 0.6 is 0 Å². The highest BCUT2D eigenvalue weighted by Gasteiger charge is 2.31. The van der Waals surface area contributed by atoms with Crippen molar-refractivity contribution in [3.05, 3.63) is 53.6 Å². The van der Waals surface area contributed by atoms with E-state index >= 15 is 0 Å². The summed E-state index contributed by atoms with van der Waals surface area (Å²) in [5, 5.41) is 2.83. The lowest BCUT2D eigenvalue weighted by molar-refractivity contribution is -0.122. The van der Waals surface area contributed by atoms with Gasteiger partial charge in [0.2, 0.25) is 5.91 Å². The van der Waals surface area contributed by atoms with Gasteiger partial charge < -0.3 is 14.8 Å². The van der Waals surface area contributed by atoms with Gasteiger partial charge in [0.05, 0.1) is 12.0 Å². The van der Waals surface area contributed by atoms with Crippen LogP contribution < -0.4 is 19.5 Å². The van der Waals surface area contributed by atoms with Crippen molar-refractivity contribution in [3.63, 3.8) is 0 Å². The number of hydrogen-bond donors (Lipinski definition) is 2. The summed E-state index contributed by atoms with van der Waals surface area (Å²) in [6, 6.07) is 10.3. The minimum Gasteiger partial charge on any atom is -0.493 e. The molecule has 1 atom stereocenters. The van der Waals surface area contributed by atoms with Crippen molar-refractivity contribution in [1.82, 2.24) is 10.0 Å². The number of unbranched alkanes of at least 4 members (excludes halogenated alkanes) is 1. The van der Waals surface area contributed by atoms with Crippen LogP contribution in [0.5, 0.6) is 11.5 Å². The Morgan fingerprint density at radius 3 is 2.65 bits per heavy atom. The Morgan fingerprint density at radius 1 is 1.18 bits per heavy atom. The van der Waals surface area contributed by atoms with E-state index in [-0.39, 0.29) is 34.7 Å². The number of halogens is 2. The first-order valence-corrected chi connectivity index (χ1v) is 12.3. The van der Waals surface area contributed by atoms with E-state index in [0.717, 1.165) is 18.4 Å². The minimum atomic E-state index is -3.70. The van der Waals surface area contributed by atoms with Gasteiger partial charge in [0.1, 0.15) is 11.9 Å². The highest BCUT2D eigenvalue weighted by atomic mass is 32.2. The summed E-state index contributed by atoms with van der Waals surface area (Å²) in [5.74, 6) is -0.0658. The Kier molecular flexibility index (Phi) is 8.43. The van der Waals surface area contributed by atoms with E-state index in [9.17, 15) is 22.0 Å². The molecule has 0 aromatic heterocycles. The zero-order valence-electron chi connectivity index (χ0n) is 18.9. The number of fused-ring (bicyclic) bond motifs is 1. The quantitative estimate of drug-likeness (QED) is 0.498. The van der Waals surface area contributed by atoms with Crippen molar-refractivity contribution in [2.45, 2.75) is 50.2 Å². The number of aliphatic imine (C=N–C) groups is 1. The van der Waals surface area contributed by atoms with Crippen LogP contribution in [-0.4, -0.2) is 46.5 Å². The molecular weight excluding hydrogens is 468 g/mol. The van der Waals surface area contributed by atoms with Gasteiger partial charge in [-0.05, 0) is 42.7 Å². The Morgan fingerprint density at radius 2 is 1.94 bits per heavy atom. The molecule has 0 saturated carbocycles. The van der Waals surface area contributed by atoms with Crippen LogP contribution in [0.3, 0.4) is 0 Å². The summed E-state index contributed by atoms with van der Waals surface area (Å²) in [5.41, 5.74) is 1.20. The van der Waals surface area contributed by atoms with Crippen molar-refractivity contribution < 1.29 is 31.5 Å². The Balaban J connectivity index is 1.68. The van der Waals surface area contributed by atoms with Gasteiger partial charge in [0, 0.05) is 12.1 Å². The Bertz CT molecular complexity index is 1160. The second-order valence-electron chi connectivity index (χ2n) is 7.64. The number of amides is 1. The number of nitrogens with zero attached hydrogens (tertiary/aromatic N) is 1. The molecule has 2 aromatic carbocycles. The molecule has 11 heteroatoms. The summed E-state index contributed by atoms with van der Waals surface area (Å²) in [4.78, 5) is 17.5. The molecule has 0 saturated heterocycles. The number of carbonyl (C=O) groups excluding carboxylic acids is 1. The monoisotopic (exact) mass is 495 g/mol. The predicted octanol–water partition coefficient (Wildman–Crippen LogP) is 3.25. The number of nitrogens with one attached hydrogen (secondary N) is 2. The van der Waals surface area contributed by atoms with E-state index in [1.165, 1.54) is 19.2 Å². The highest BCUT2D eigenvalue weighted by Crippen LogP contribution is 2.29. The molecular formula is C23H27F2N3O5S. The molecule has 2 N–H and O–H groups in total. The lowest BCUT2D eigenvalue weighted by Gasteiger charge is -2.15. The first-order valence-electron chi connectivity index (χ1n) is 10.8. The largest absolute Gasteiger partial charge is 0.493 e. The molecule has 0 aliphatic carbocycles. The van der Waals surface area contributed by atoms with Crippen molar-refractivity contribution in [2.24, 2.45) is 4.99 Å². The number of hydrogen-bond acceptors (Lipinski definition) is 6. The van der Waals surface area contributed by atoms with Gasteiger partial charge in [0.25, 0.3) is 10.0 Å². The molecule has 2 aromatic rings. The zero-order valence-corrected chi connectivity index (χ0v) is 19.7. The predicted molar refractivity (Wildman–Crippen MR) is 123 cm³/mol. The third-order valence-corrected chi connectivity index (χ3v) is 6.64. The smallest absolute Gasteiger partial charge is 0.387 e. The summed E-state index contributed by atoms with van der Waals surface area (Å²) in [6.07, 6.45) is 2.47. The molecule has 8 nitrogen and oxygen atoms in total. The fraction of sp³-hybridized carbons (Fsp3) is 0.391. The third kappa shape index (κ3) is 6.22. The molecule has 0 radical (unpaired) electrons. The second-order valence-corrected chi connectivity index (χ2v) is 9.29. The van der Waals surface area contributed by atoms with Gasteiger partial charge in [-0.25, -0.2) is 8.42 Å². The SMILES string of the molecule is CCCCC(N=C1NS(=O)(=O)c2ccccc21)C(=O)NCCc1ccc(OC(F)F)c(OC)c1. The molecule has 1 aliphatic heterocycles. The number of amidine groups is 1. The molecule has 0 fully saturated rings. The average Bonchev–Trinajstić information content (AvgIpc) is 3.07. The van der Waals surface area contributed by atoms with Gasteiger partial charge in [0.15, 0.2) is 11.5 Å². The fourth-order valence-electron chi connectivity index (χ4n) is 3.55. The first kappa shape index (κ1) is 25.4. The molecule has 184 valence electrons. The topological polar surface area (TPSA) is 106 Å². The molecule has 1 aliphatic rings. The van der Waals surface area contributed by atoms with Crippen LogP contribution in [-0.2, 0) is 21.2 Å². The van der Waals surface area contributed by atoms with E-state index in [0.29, 0.717) is 18.4 Å². The van der Waals surface area contributed by atoms with Crippen molar-refractivity contribution in [2.75, 3.05) is 13.7 Å². The third-order valence-electron chi connectivity index (χ3n) is 5.24. The van der Waals surface area contributed by atoms with Crippen molar-refractivity contribution in [3.8, 4) is 11.5 Å². The normalized spacial score (nSPS) is 16.1. The number of rotatable bonds is 11. The lowest BCUT2D eigenvalue weighted by atomic mass is 10.1. The van der Waals surface area contributed by atoms with Gasteiger partial charge in [-0.15, -0.1) is 0 Å². The van der Waals surface area contributed by atoms with E-state index in [2.05, 4.69) is 19.8 Å². The van der Waals surface area contributed by atoms with Gasteiger partial charge >= 0.3 is 6.61 Å². The molecule has 3 rings (SSSR count). The summed E-state index contributed by atoms with van der Waals surface area (Å²) in [7, 11) is -2.35. The van der Waals surface area contributed by atoms with Gasteiger partial charge in [-0.1, -0.05) is 38.0 Å². The summed E-state index contributed by atoms with van der Waals surface area (Å²) < 4.78 is 61.6. The number of alkyl halides is 2. The van der Waals surface area contributed by atoms with E-state index in [1.807, 2.05) is 6.92 Å². The number of sulfonamides is 1. The number of carbonyl (C=O) groups is 1. The van der Waals surface area contributed by atoms with Crippen molar-refractivity contribution >= 4 is 21.8 Å². The van der Waals surface area contributed by atoms with Crippen LogP contribution in [0, 0.1) is 0 Å².